The van der Waals surface area contributed by atoms with Crippen LogP contribution in [0.5, 0.6) is 23.0 Å². The van der Waals surface area contributed by atoms with Gasteiger partial charge in [-0.1, -0.05) is 50.4 Å². The standard InChI is InChI=1S/C31H28O8/c1-5-28(32)36-24-13-7-21(8-14-24)9-18-30(34)37-25-15-10-22(11-16-25)23-12-17-26(39-31(35)20(3)4)27(19-23)38-29(33)6-2/h5,7-8,10-17,19H,1,3,6,9,18H2,2,4H3. The Morgan fingerprint density at radius 3 is 1.97 bits per heavy atom. The molecule has 3 aromatic rings. The molecule has 8 heteroatoms. The van der Waals surface area contributed by atoms with Crippen LogP contribution in [-0.2, 0) is 25.6 Å². The van der Waals surface area contributed by atoms with E-state index in [9.17, 15) is 19.2 Å². The Morgan fingerprint density at radius 1 is 0.744 bits per heavy atom. The second-order valence-corrected chi connectivity index (χ2v) is 8.43. The summed E-state index contributed by atoms with van der Waals surface area (Å²) in [4.78, 5) is 47.5. The first-order chi connectivity index (χ1) is 18.7. The molecule has 0 fully saturated rings. The molecule has 0 saturated carbocycles. The lowest BCUT2D eigenvalue weighted by Gasteiger charge is -2.12. The quantitative estimate of drug-likeness (QED) is 0.175. The van der Waals surface area contributed by atoms with Crippen LogP contribution in [0, 0.1) is 0 Å². The Bertz CT molecular complexity index is 1390. The van der Waals surface area contributed by atoms with Gasteiger partial charge in [-0.2, -0.15) is 0 Å². The van der Waals surface area contributed by atoms with E-state index in [4.69, 9.17) is 18.9 Å². The molecule has 0 atom stereocenters. The summed E-state index contributed by atoms with van der Waals surface area (Å²) < 4.78 is 21.1. The van der Waals surface area contributed by atoms with Gasteiger partial charge in [-0.15, -0.1) is 0 Å². The number of benzene rings is 3. The predicted molar refractivity (Wildman–Crippen MR) is 144 cm³/mol. The zero-order valence-corrected chi connectivity index (χ0v) is 21.7. The van der Waals surface area contributed by atoms with Crippen LogP contribution >= 0.6 is 0 Å². The molecule has 0 saturated heterocycles. The minimum atomic E-state index is -0.631. The van der Waals surface area contributed by atoms with Gasteiger partial charge in [-0.05, 0) is 66.4 Å². The normalized spacial score (nSPS) is 10.2. The van der Waals surface area contributed by atoms with E-state index in [1.807, 2.05) is 0 Å². The summed E-state index contributed by atoms with van der Waals surface area (Å²) in [5.74, 6) is -1.07. The second kappa shape index (κ2) is 13.5. The number of carbonyl (C=O) groups is 4. The van der Waals surface area contributed by atoms with Crippen LogP contribution in [0.4, 0.5) is 0 Å². The lowest BCUT2D eigenvalue weighted by Crippen LogP contribution is -2.11. The molecular formula is C31H28O8. The first-order valence-electron chi connectivity index (χ1n) is 12.1. The largest absolute Gasteiger partial charge is 0.427 e. The van der Waals surface area contributed by atoms with Crippen LogP contribution in [0.3, 0.4) is 0 Å². The number of hydrogen-bond donors (Lipinski definition) is 0. The van der Waals surface area contributed by atoms with E-state index in [2.05, 4.69) is 13.2 Å². The molecule has 0 heterocycles. The number of esters is 4. The summed E-state index contributed by atoms with van der Waals surface area (Å²) in [5, 5.41) is 0. The van der Waals surface area contributed by atoms with Crippen molar-refractivity contribution >= 4 is 23.9 Å². The number of aryl methyl sites for hydroxylation is 1. The van der Waals surface area contributed by atoms with Crippen molar-refractivity contribution in [1.29, 1.82) is 0 Å². The van der Waals surface area contributed by atoms with Crippen molar-refractivity contribution < 1.29 is 38.1 Å². The Kier molecular flexibility index (Phi) is 9.92. The molecule has 0 aliphatic rings. The summed E-state index contributed by atoms with van der Waals surface area (Å²) in [7, 11) is 0. The van der Waals surface area contributed by atoms with Crippen molar-refractivity contribution in [3.8, 4) is 34.1 Å². The van der Waals surface area contributed by atoms with E-state index in [1.165, 1.54) is 6.92 Å². The Labute approximate surface area is 226 Å². The average Bonchev–Trinajstić information content (AvgIpc) is 2.93. The molecule has 39 heavy (non-hydrogen) atoms. The smallest absolute Gasteiger partial charge is 0.338 e. The van der Waals surface area contributed by atoms with Crippen LogP contribution in [0.25, 0.3) is 11.1 Å². The fraction of sp³-hybridized carbons (Fsp3) is 0.161. The molecule has 3 aromatic carbocycles. The first kappa shape index (κ1) is 28.6. The van der Waals surface area contributed by atoms with Gasteiger partial charge in [0.05, 0.1) is 0 Å². The van der Waals surface area contributed by atoms with Crippen molar-refractivity contribution in [1.82, 2.24) is 0 Å². The fourth-order valence-corrected chi connectivity index (χ4v) is 3.26. The molecule has 0 radical (unpaired) electrons. The molecule has 0 aliphatic heterocycles. The molecule has 0 unspecified atom stereocenters. The van der Waals surface area contributed by atoms with E-state index >= 15 is 0 Å². The number of ether oxygens (including phenoxy) is 4. The average molecular weight is 529 g/mol. The highest BCUT2D eigenvalue weighted by Crippen LogP contribution is 2.34. The minimum Gasteiger partial charge on any atom is -0.427 e. The first-order valence-corrected chi connectivity index (χ1v) is 12.1. The SMILES string of the molecule is C=CC(=O)Oc1ccc(CCC(=O)Oc2ccc(-c3ccc(OC(=O)C(=C)C)c(OC(=O)CC)c3)cc2)cc1. The Hall–Kier alpha value is -4.98. The van der Waals surface area contributed by atoms with Crippen molar-refractivity contribution in [2.45, 2.75) is 33.1 Å². The zero-order valence-electron chi connectivity index (χ0n) is 21.7. The highest BCUT2D eigenvalue weighted by Gasteiger charge is 2.15. The molecule has 3 rings (SSSR count). The summed E-state index contributed by atoms with van der Waals surface area (Å²) in [6.45, 7) is 10.1. The fourth-order valence-electron chi connectivity index (χ4n) is 3.26. The third-order valence-electron chi connectivity index (χ3n) is 5.35. The molecule has 0 aromatic heterocycles. The third-order valence-corrected chi connectivity index (χ3v) is 5.35. The Balaban J connectivity index is 1.63. The van der Waals surface area contributed by atoms with Gasteiger partial charge in [-0.25, -0.2) is 9.59 Å². The zero-order chi connectivity index (χ0) is 28.4. The van der Waals surface area contributed by atoms with Gasteiger partial charge in [0.15, 0.2) is 11.5 Å². The number of rotatable bonds is 11. The van der Waals surface area contributed by atoms with Crippen molar-refractivity contribution in [2.75, 3.05) is 0 Å². The van der Waals surface area contributed by atoms with Gasteiger partial charge in [0.2, 0.25) is 0 Å². The topological polar surface area (TPSA) is 105 Å². The molecule has 0 aliphatic carbocycles. The van der Waals surface area contributed by atoms with Crippen LogP contribution in [-0.4, -0.2) is 23.9 Å². The van der Waals surface area contributed by atoms with Crippen LogP contribution in [0.15, 0.2) is 91.5 Å². The lowest BCUT2D eigenvalue weighted by molar-refractivity contribution is -0.135. The predicted octanol–water partition coefficient (Wildman–Crippen LogP) is 5.78. The number of hydrogen-bond acceptors (Lipinski definition) is 8. The lowest BCUT2D eigenvalue weighted by atomic mass is 10.0. The van der Waals surface area contributed by atoms with Crippen LogP contribution < -0.4 is 18.9 Å². The van der Waals surface area contributed by atoms with E-state index in [0.29, 0.717) is 23.5 Å². The maximum Gasteiger partial charge on any atom is 0.338 e. The van der Waals surface area contributed by atoms with Crippen molar-refractivity contribution in [2.24, 2.45) is 0 Å². The van der Waals surface area contributed by atoms with E-state index in [1.54, 1.807) is 73.7 Å². The summed E-state index contributed by atoms with van der Waals surface area (Å²) in [6, 6.07) is 18.5. The summed E-state index contributed by atoms with van der Waals surface area (Å²) in [6.07, 6.45) is 1.84. The molecule has 0 spiro atoms. The summed E-state index contributed by atoms with van der Waals surface area (Å²) >= 11 is 0. The highest BCUT2D eigenvalue weighted by atomic mass is 16.6. The molecule has 0 amide bonds. The van der Waals surface area contributed by atoms with Gasteiger partial charge < -0.3 is 18.9 Å². The van der Waals surface area contributed by atoms with Crippen LogP contribution in [0.2, 0.25) is 0 Å². The Morgan fingerprint density at radius 2 is 1.36 bits per heavy atom. The van der Waals surface area contributed by atoms with E-state index in [-0.39, 0.29) is 29.9 Å². The van der Waals surface area contributed by atoms with Gasteiger partial charge >= 0.3 is 23.9 Å². The number of carbonyl (C=O) groups excluding carboxylic acids is 4. The van der Waals surface area contributed by atoms with Gasteiger partial charge in [-0.3, -0.25) is 9.59 Å². The van der Waals surface area contributed by atoms with E-state index < -0.39 is 23.9 Å². The molecule has 8 nitrogen and oxygen atoms in total. The molecule has 0 bridgehead atoms. The van der Waals surface area contributed by atoms with Crippen molar-refractivity contribution in [3.05, 3.63) is 97.1 Å². The second-order valence-electron chi connectivity index (χ2n) is 8.43. The van der Waals surface area contributed by atoms with Gasteiger partial charge in [0.1, 0.15) is 11.5 Å². The maximum atomic E-state index is 12.3. The van der Waals surface area contributed by atoms with Gasteiger partial charge in [0, 0.05) is 24.5 Å². The highest BCUT2D eigenvalue weighted by molar-refractivity contribution is 5.89. The van der Waals surface area contributed by atoms with E-state index in [0.717, 1.165) is 17.2 Å². The monoisotopic (exact) mass is 528 g/mol. The molecule has 0 N–H and O–H groups in total. The third kappa shape index (κ3) is 8.53. The molecular weight excluding hydrogens is 500 g/mol. The van der Waals surface area contributed by atoms with Crippen molar-refractivity contribution in [3.63, 3.8) is 0 Å². The van der Waals surface area contributed by atoms with Crippen LogP contribution in [0.1, 0.15) is 32.3 Å². The van der Waals surface area contributed by atoms with Gasteiger partial charge in [0.25, 0.3) is 0 Å². The maximum absolute atomic E-state index is 12.3. The summed E-state index contributed by atoms with van der Waals surface area (Å²) in [5.41, 5.74) is 2.56. The molecule has 200 valence electrons. The minimum absolute atomic E-state index is 0.103.